The van der Waals surface area contributed by atoms with Crippen LogP contribution in [-0.4, -0.2) is 42.6 Å². The molecule has 12 nitrogen and oxygen atoms in total. The summed E-state index contributed by atoms with van der Waals surface area (Å²) in [6.45, 7) is -0.361. The molecule has 0 spiro atoms. The van der Waals surface area contributed by atoms with Crippen molar-refractivity contribution in [1.82, 2.24) is 4.90 Å². The SMILES string of the molecule is COc1ccc(C2C(C(=O)N=O)c3ccccc3C(=O)N2C2CCCCC2N=O)c(OCN=[N+]=[N-])c1. The Balaban J connectivity index is 1.97. The van der Waals surface area contributed by atoms with E-state index in [1.807, 2.05) is 0 Å². The Kier molecular flexibility index (Phi) is 7.55. The van der Waals surface area contributed by atoms with Gasteiger partial charge in [0.05, 0.1) is 25.1 Å². The van der Waals surface area contributed by atoms with E-state index in [0.29, 0.717) is 29.7 Å². The number of nitroso groups, excluding NO2 is 2. The van der Waals surface area contributed by atoms with E-state index >= 15 is 0 Å². The second-order valence-electron chi connectivity index (χ2n) is 8.58. The van der Waals surface area contributed by atoms with E-state index < -0.39 is 30.0 Å². The first-order valence-corrected chi connectivity index (χ1v) is 11.5. The van der Waals surface area contributed by atoms with Crippen molar-refractivity contribution < 1.29 is 19.1 Å². The largest absolute Gasteiger partial charge is 0.497 e. The van der Waals surface area contributed by atoms with Crippen LogP contribution in [0.4, 0.5) is 0 Å². The number of azide groups is 1. The summed E-state index contributed by atoms with van der Waals surface area (Å²) in [6, 6.07) is 9.03. The van der Waals surface area contributed by atoms with E-state index in [1.165, 1.54) is 18.1 Å². The average molecular weight is 492 g/mol. The molecule has 2 amide bonds. The van der Waals surface area contributed by atoms with Gasteiger partial charge >= 0.3 is 0 Å². The normalized spacial score (nSPS) is 23.1. The zero-order chi connectivity index (χ0) is 25.7. The van der Waals surface area contributed by atoms with Gasteiger partial charge < -0.3 is 14.4 Å². The predicted octanol–water partition coefficient (Wildman–Crippen LogP) is 4.99. The summed E-state index contributed by atoms with van der Waals surface area (Å²) < 4.78 is 11.0. The number of ether oxygens (including phenoxy) is 2. The number of fused-ring (bicyclic) bond motifs is 1. The second-order valence-corrected chi connectivity index (χ2v) is 8.58. The minimum Gasteiger partial charge on any atom is -0.497 e. The number of rotatable bonds is 8. The summed E-state index contributed by atoms with van der Waals surface area (Å²) in [7, 11) is 1.46. The third-order valence-corrected chi connectivity index (χ3v) is 6.80. The highest BCUT2D eigenvalue weighted by molar-refractivity contribution is 6.01. The fourth-order valence-corrected chi connectivity index (χ4v) is 5.24. The maximum Gasteiger partial charge on any atom is 0.296 e. The minimum absolute atomic E-state index is 0.194. The minimum atomic E-state index is -1.15. The van der Waals surface area contributed by atoms with Crippen molar-refractivity contribution in [2.45, 2.75) is 49.7 Å². The molecular formula is C24H24N6O6. The van der Waals surface area contributed by atoms with Crippen LogP contribution in [0.1, 0.15) is 59.1 Å². The summed E-state index contributed by atoms with van der Waals surface area (Å²) in [4.78, 5) is 54.6. The molecule has 4 unspecified atom stereocenters. The van der Waals surface area contributed by atoms with E-state index in [9.17, 15) is 19.4 Å². The topological polar surface area (TPSA) is 163 Å². The third-order valence-electron chi connectivity index (χ3n) is 6.80. The smallest absolute Gasteiger partial charge is 0.296 e. The molecule has 0 bridgehead atoms. The highest BCUT2D eigenvalue weighted by Gasteiger charge is 2.50. The Labute approximate surface area is 206 Å². The standard InChI is InChI=1S/C24H24N6O6/c1-35-14-10-11-17(20(12-14)36-13-26-29-25)22-21(23(31)28-34)15-6-2-3-7-16(15)24(32)30(22)19-9-5-4-8-18(19)27-33/h2-3,6-7,10-12,18-19,21-22H,4-5,8-9,13H2,1H3. The highest BCUT2D eigenvalue weighted by atomic mass is 16.5. The van der Waals surface area contributed by atoms with E-state index in [2.05, 4.69) is 20.4 Å². The molecule has 4 atom stereocenters. The number of nitrogens with zero attached hydrogens (tertiary/aromatic N) is 6. The van der Waals surface area contributed by atoms with Gasteiger partial charge in [-0.25, -0.2) is 0 Å². The summed E-state index contributed by atoms with van der Waals surface area (Å²) >= 11 is 0. The zero-order valence-electron chi connectivity index (χ0n) is 19.5. The Morgan fingerprint density at radius 2 is 1.92 bits per heavy atom. The van der Waals surface area contributed by atoms with Crippen LogP contribution in [0, 0.1) is 9.81 Å². The molecule has 186 valence electrons. The molecule has 36 heavy (non-hydrogen) atoms. The lowest BCUT2D eigenvalue weighted by molar-refractivity contribution is -0.121. The summed E-state index contributed by atoms with van der Waals surface area (Å²) in [6.07, 6.45) is 2.56. The quantitative estimate of drug-likeness (QED) is 0.218. The first-order valence-electron chi connectivity index (χ1n) is 11.5. The Hall–Kier alpha value is -4.31. The van der Waals surface area contributed by atoms with Crippen LogP contribution in [-0.2, 0) is 4.79 Å². The van der Waals surface area contributed by atoms with Gasteiger partial charge in [-0.05, 0) is 42.1 Å². The first-order chi connectivity index (χ1) is 17.5. The number of carbonyl (C=O) groups is 2. The monoisotopic (exact) mass is 492 g/mol. The molecule has 1 saturated carbocycles. The number of methoxy groups -OCH3 is 1. The lowest BCUT2D eigenvalue weighted by Gasteiger charge is -2.47. The maximum atomic E-state index is 13.9. The molecule has 4 rings (SSSR count). The number of hydrogen-bond acceptors (Lipinski definition) is 8. The third kappa shape index (κ3) is 4.50. The summed E-state index contributed by atoms with van der Waals surface area (Å²) in [5, 5.41) is 9.44. The average Bonchev–Trinajstić information content (AvgIpc) is 2.92. The van der Waals surface area contributed by atoms with E-state index in [1.54, 1.807) is 36.4 Å². The van der Waals surface area contributed by atoms with Gasteiger partial charge in [-0.3, -0.25) is 9.59 Å². The van der Waals surface area contributed by atoms with Gasteiger partial charge in [-0.1, -0.05) is 41.3 Å². The molecule has 0 aromatic heterocycles. The Bertz CT molecular complexity index is 1230. The van der Waals surface area contributed by atoms with Crippen molar-refractivity contribution in [3.05, 3.63) is 79.4 Å². The molecule has 1 heterocycles. The molecule has 2 aromatic rings. The van der Waals surface area contributed by atoms with Gasteiger partial charge in [-0.15, -0.1) is 4.91 Å². The Morgan fingerprint density at radius 3 is 2.64 bits per heavy atom. The van der Waals surface area contributed by atoms with Crippen LogP contribution in [0.25, 0.3) is 10.4 Å². The predicted molar refractivity (Wildman–Crippen MR) is 128 cm³/mol. The molecular weight excluding hydrogens is 468 g/mol. The first kappa shape index (κ1) is 24.8. The van der Waals surface area contributed by atoms with Gasteiger partial charge in [0.15, 0.2) is 6.73 Å². The van der Waals surface area contributed by atoms with E-state index in [4.69, 9.17) is 15.0 Å². The van der Waals surface area contributed by atoms with Crippen LogP contribution in [0.3, 0.4) is 0 Å². The van der Waals surface area contributed by atoms with E-state index in [-0.39, 0.29) is 24.0 Å². The van der Waals surface area contributed by atoms with Gasteiger partial charge in [0.2, 0.25) is 0 Å². The lowest BCUT2D eigenvalue weighted by Crippen LogP contribution is -2.54. The summed E-state index contributed by atoms with van der Waals surface area (Å²) in [5.74, 6) is -1.89. The maximum absolute atomic E-state index is 13.9. The number of amides is 2. The number of hydrogen-bond donors (Lipinski definition) is 0. The van der Waals surface area contributed by atoms with Crippen molar-refractivity contribution in [2.75, 3.05) is 13.8 Å². The zero-order valence-corrected chi connectivity index (χ0v) is 19.5. The molecule has 2 aliphatic rings. The van der Waals surface area contributed by atoms with Crippen LogP contribution >= 0.6 is 0 Å². The van der Waals surface area contributed by atoms with Crippen LogP contribution < -0.4 is 9.47 Å². The molecule has 0 radical (unpaired) electrons. The molecule has 2 aromatic carbocycles. The van der Waals surface area contributed by atoms with Gasteiger partial charge in [0, 0.05) is 27.3 Å². The molecule has 0 N–H and O–H groups in total. The second kappa shape index (κ2) is 11.0. The molecule has 1 aliphatic heterocycles. The van der Waals surface area contributed by atoms with Crippen LogP contribution in [0.15, 0.2) is 57.9 Å². The summed E-state index contributed by atoms with van der Waals surface area (Å²) in [5.41, 5.74) is 9.69. The van der Waals surface area contributed by atoms with Crippen molar-refractivity contribution in [1.29, 1.82) is 0 Å². The van der Waals surface area contributed by atoms with Gasteiger partial charge in [0.25, 0.3) is 11.8 Å². The molecule has 12 heteroatoms. The van der Waals surface area contributed by atoms with Crippen LogP contribution in [0.5, 0.6) is 11.5 Å². The van der Waals surface area contributed by atoms with Gasteiger partial charge in [0.1, 0.15) is 17.5 Å². The molecule has 0 saturated heterocycles. The fraction of sp³-hybridized carbons (Fsp3) is 0.417. The highest BCUT2D eigenvalue weighted by Crippen LogP contribution is 2.49. The van der Waals surface area contributed by atoms with Crippen molar-refractivity contribution in [3.8, 4) is 11.5 Å². The number of carbonyl (C=O) groups excluding carboxylic acids is 2. The number of benzene rings is 2. The molecule has 1 aliphatic carbocycles. The fourth-order valence-electron chi connectivity index (χ4n) is 5.24. The van der Waals surface area contributed by atoms with Crippen molar-refractivity contribution in [2.24, 2.45) is 15.5 Å². The molecule has 1 fully saturated rings. The van der Waals surface area contributed by atoms with Crippen molar-refractivity contribution in [3.63, 3.8) is 0 Å². The lowest BCUT2D eigenvalue weighted by atomic mass is 9.76. The van der Waals surface area contributed by atoms with Crippen LogP contribution in [0.2, 0.25) is 0 Å². The Morgan fingerprint density at radius 1 is 1.14 bits per heavy atom. The van der Waals surface area contributed by atoms with E-state index in [0.717, 1.165) is 12.8 Å². The van der Waals surface area contributed by atoms with Gasteiger partial charge in [-0.2, -0.15) is 4.91 Å². The van der Waals surface area contributed by atoms with Crippen molar-refractivity contribution >= 4 is 11.8 Å².